The van der Waals surface area contributed by atoms with Crippen LogP contribution in [0.2, 0.25) is 0 Å². The number of quaternary nitrogens is 1. The second-order valence-corrected chi connectivity index (χ2v) is 4.97. The predicted octanol–water partition coefficient (Wildman–Crippen LogP) is -1.08. The van der Waals surface area contributed by atoms with Crippen LogP contribution < -0.4 is 22.0 Å². The van der Waals surface area contributed by atoms with E-state index in [0.717, 1.165) is 36.4 Å². The summed E-state index contributed by atoms with van der Waals surface area (Å²) in [7, 11) is 0. The first-order valence-electron chi connectivity index (χ1n) is 7.17. The lowest BCUT2D eigenvalue weighted by Crippen LogP contribution is -3.16. The molecule has 1 atom stereocenters. The normalized spacial score (nSPS) is 11.9. The summed E-state index contributed by atoms with van der Waals surface area (Å²) in [5, 5.41) is 0. The van der Waals surface area contributed by atoms with E-state index in [1.165, 1.54) is 4.90 Å². The summed E-state index contributed by atoms with van der Waals surface area (Å²) in [6, 6.07) is 5.85. The standard InChI is InChI=1S/C16H25NO2.ClH/c1-6-14(17(7-2)8-3)16(18)19-15-12(4)10-9-11-13(15)5;/h9-11,14H,6-8H2,1-5H3;1H. The fourth-order valence-electron chi connectivity index (χ4n) is 2.50. The summed E-state index contributed by atoms with van der Waals surface area (Å²) < 4.78 is 5.65. The van der Waals surface area contributed by atoms with Gasteiger partial charge >= 0.3 is 5.97 Å². The minimum atomic E-state index is -0.112. The van der Waals surface area contributed by atoms with Gasteiger partial charge in [0.25, 0.3) is 0 Å². The van der Waals surface area contributed by atoms with Crippen molar-refractivity contribution in [3.8, 4) is 5.75 Å². The van der Waals surface area contributed by atoms with Crippen LogP contribution in [0.3, 0.4) is 0 Å². The molecule has 0 saturated carbocycles. The van der Waals surface area contributed by atoms with Gasteiger partial charge in [0.15, 0.2) is 6.04 Å². The number of nitrogens with one attached hydrogen (secondary N) is 1. The number of benzene rings is 1. The molecule has 1 rings (SSSR count). The summed E-state index contributed by atoms with van der Waals surface area (Å²) in [4.78, 5) is 13.6. The number of hydrogen-bond acceptors (Lipinski definition) is 2. The summed E-state index contributed by atoms with van der Waals surface area (Å²) in [6.45, 7) is 12.1. The van der Waals surface area contributed by atoms with E-state index in [1.807, 2.05) is 39.0 Å². The average molecular weight is 300 g/mol. The zero-order valence-corrected chi connectivity index (χ0v) is 13.9. The Kier molecular flexibility index (Phi) is 8.51. The Morgan fingerprint density at radius 1 is 1.15 bits per heavy atom. The zero-order chi connectivity index (χ0) is 14.4. The summed E-state index contributed by atoms with van der Waals surface area (Å²) in [5.41, 5.74) is 2.02. The molecule has 3 nitrogen and oxygen atoms in total. The fraction of sp³-hybridized carbons (Fsp3) is 0.562. The molecule has 0 heterocycles. The van der Waals surface area contributed by atoms with Crippen molar-refractivity contribution in [3.05, 3.63) is 29.3 Å². The molecule has 0 radical (unpaired) electrons. The van der Waals surface area contributed by atoms with E-state index < -0.39 is 0 Å². The maximum absolute atomic E-state index is 12.4. The molecular formula is C16H26ClNO2. The summed E-state index contributed by atoms with van der Waals surface area (Å²) in [6.07, 6.45) is 0.806. The van der Waals surface area contributed by atoms with Crippen molar-refractivity contribution in [2.75, 3.05) is 13.1 Å². The average Bonchev–Trinajstić information content (AvgIpc) is 2.40. The number of esters is 1. The van der Waals surface area contributed by atoms with E-state index in [9.17, 15) is 4.79 Å². The first-order chi connectivity index (χ1) is 9.04. The van der Waals surface area contributed by atoms with Crippen molar-refractivity contribution in [1.29, 1.82) is 0 Å². The summed E-state index contributed by atoms with van der Waals surface area (Å²) >= 11 is 0. The molecule has 1 aromatic rings. The highest BCUT2D eigenvalue weighted by atomic mass is 35.5. The monoisotopic (exact) mass is 299 g/mol. The van der Waals surface area contributed by atoms with E-state index in [-0.39, 0.29) is 24.4 Å². The number of carbonyl (C=O) groups is 1. The minimum Gasteiger partial charge on any atom is -1.00 e. The van der Waals surface area contributed by atoms with E-state index in [1.54, 1.807) is 0 Å². The number of rotatable bonds is 6. The maximum atomic E-state index is 12.4. The molecule has 0 aliphatic carbocycles. The smallest absolute Gasteiger partial charge is 0.370 e. The number of hydrogen-bond donors (Lipinski definition) is 1. The van der Waals surface area contributed by atoms with Gasteiger partial charge in [0, 0.05) is 6.42 Å². The van der Waals surface area contributed by atoms with Gasteiger partial charge in [-0.15, -0.1) is 0 Å². The van der Waals surface area contributed by atoms with E-state index in [0.29, 0.717) is 0 Å². The topological polar surface area (TPSA) is 30.7 Å². The Morgan fingerprint density at radius 2 is 1.65 bits per heavy atom. The summed E-state index contributed by atoms with van der Waals surface area (Å²) in [5.74, 6) is 0.608. The highest BCUT2D eigenvalue weighted by Gasteiger charge is 2.28. The van der Waals surface area contributed by atoms with Gasteiger partial charge in [-0.25, -0.2) is 4.79 Å². The quantitative estimate of drug-likeness (QED) is 0.535. The Morgan fingerprint density at radius 3 is 2.05 bits per heavy atom. The molecule has 4 heteroatoms. The number of likely N-dealkylation sites (N-methyl/N-ethyl adjacent to an activating group) is 1. The second kappa shape index (κ2) is 8.98. The van der Waals surface area contributed by atoms with E-state index in [4.69, 9.17) is 4.74 Å². The molecule has 0 aromatic heterocycles. The molecule has 0 spiro atoms. The molecule has 1 unspecified atom stereocenters. The van der Waals surface area contributed by atoms with Crippen molar-refractivity contribution in [3.63, 3.8) is 0 Å². The largest absolute Gasteiger partial charge is 1.00 e. The van der Waals surface area contributed by atoms with Gasteiger partial charge in [0.2, 0.25) is 0 Å². The Bertz CT molecular complexity index is 410. The van der Waals surface area contributed by atoms with Gasteiger partial charge in [0.1, 0.15) is 5.75 Å². The van der Waals surface area contributed by atoms with Crippen molar-refractivity contribution in [2.45, 2.75) is 47.1 Å². The van der Waals surface area contributed by atoms with Gasteiger partial charge in [-0.1, -0.05) is 25.1 Å². The second-order valence-electron chi connectivity index (χ2n) is 4.97. The van der Waals surface area contributed by atoms with Gasteiger partial charge in [-0.3, -0.25) is 0 Å². The third kappa shape index (κ3) is 4.50. The zero-order valence-electron chi connectivity index (χ0n) is 13.1. The van der Waals surface area contributed by atoms with Gasteiger partial charge in [-0.05, 0) is 38.8 Å². The molecular weight excluding hydrogens is 274 g/mol. The van der Waals surface area contributed by atoms with Crippen LogP contribution >= 0.6 is 0 Å². The highest BCUT2D eigenvalue weighted by molar-refractivity contribution is 5.77. The van der Waals surface area contributed by atoms with Gasteiger partial charge in [-0.2, -0.15) is 0 Å². The number of carbonyl (C=O) groups excluding carboxylic acids is 1. The van der Waals surface area contributed by atoms with Gasteiger partial charge < -0.3 is 22.0 Å². The van der Waals surface area contributed by atoms with E-state index >= 15 is 0 Å². The lowest BCUT2D eigenvalue weighted by Gasteiger charge is -2.24. The molecule has 0 bridgehead atoms. The molecule has 0 aliphatic rings. The van der Waals surface area contributed by atoms with Crippen LogP contribution in [0.5, 0.6) is 5.75 Å². The lowest BCUT2D eigenvalue weighted by molar-refractivity contribution is -0.913. The Labute approximate surface area is 128 Å². The van der Waals surface area contributed by atoms with Crippen LogP contribution in [0.15, 0.2) is 18.2 Å². The number of aryl methyl sites for hydroxylation is 2. The fourth-order valence-corrected chi connectivity index (χ4v) is 2.50. The molecule has 20 heavy (non-hydrogen) atoms. The first kappa shape index (κ1) is 18.9. The van der Waals surface area contributed by atoms with Crippen LogP contribution in [0.1, 0.15) is 38.3 Å². The molecule has 1 N–H and O–H groups in total. The molecule has 1 aromatic carbocycles. The van der Waals surface area contributed by atoms with Crippen LogP contribution in [-0.2, 0) is 4.79 Å². The molecule has 0 amide bonds. The third-order valence-electron chi connectivity index (χ3n) is 3.71. The predicted molar refractivity (Wildman–Crippen MR) is 77.7 cm³/mol. The van der Waals surface area contributed by atoms with Crippen LogP contribution in [0.4, 0.5) is 0 Å². The number of ether oxygens (including phenoxy) is 1. The van der Waals surface area contributed by atoms with Crippen molar-refractivity contribution in [2.24, 2.45) is 0 Å². The third-order valence-corrected chi connectivity index (χ3v) is 3.71. The maximum Gasteiger partial charge on any atom is 0.370 e. The molecule has 0 saturated heterocycles. The first-order valence-corrected chi connectivity index (χ1v) is 7.17. The van der Waals surface area contributed by atoms with Crippen molar-refractivity contribution < 1.29 is 26.8 Å². The SMILES string of the molecule is CCC(C(=O)Oc1c(C)cccc1C)[NH+](CC)CC.[Cl-]. The Hall–Kier alpha value is -1.06. The van der Waals surface area contributed by atoms with Crippen LogP contribution in [0, 0.1) is 13.8 Å². The van der Waals surface area contributed by atoms with Crippen molar-refractivity contribution >= 4 is 5.97 Å². The van der Waals surface area contributed by atoms with Crippen molar-refractivity contribution in [1.82, 2.24) is 0 Å². The number of para-hydroxylation sites is 1. The lowest BCUT2D eigenvalue weighted by atomic mass is 10.1. The highest BCUT2D eigenvalue weighted by Crippen LogP contribution is 2.22. The molecule has 0 fully saturated rings. The van der Waals surface area contributed by atoms with Crippen LogP contribution in [-0.4, -0.2) is 25.1 Å². The number of halogens is 1. The Balaban J connectivity index is 0.00000361. The van der Waals surface area contributed by atoms with E-state index in [2.05, 4.69) is 13.8 Å². The van der Waals surface area contributed by atoms with Crippen LogP contribution in [0.25, 0.3) is 0 Å². The minimum absolute atomic E-state index is 0. The molecule has 114 valence electrons. The van der Waals surface area contributed by atoms with Gasteiger partial charge in [0.05, 0.1) is 13.1 Å². The molecule has 0 aliphatic heterocycles.